The summed E-state index contributed by atoms with van der Waals surface area (Å²) in [7, 11) is 0. The molecule has 0 aliphatic rings. The van der Waals surface area contributed by atoms with Crippen LogP contribution in [0, 0.1) is 12.7 Å². The molecular formula is C18H17FN2. The second-order valence-corrected chi connectivity index (χ2v) is 5.57. The highest BCUT2D eigenvalue weighted by Crippen LogP contribution is 2.32. The zero-order valence-corrected chi connectivity index (χ0v) is 12.1. The van der Waals surface area contributed by atoms with Gasteiger partial charge >= 0.3 is 0 Å². The minimum absolute atomic E-state index is 0.234. The van der Waals surface area contributed by atoms with Crippen molar-refractivity contribution in [1.29, 1.82) is 0 Å². The number of aryl methyl sites for hydroxylation is 1. The summed E-state index contributed by atoms with van der Waals surface area (Å²) in [5.41, 5.74) is 8.08. The smallest absolute Gasteiger partial charge is 0.126 e. The molecule has 3 aromatic rings. The van der Waals surface area contributed by atoms with E-state index in [0.29, 0.717) is 5.56 Å². The summed E-state index contributed by atoms with van der Waals surface area (Å²) in [6.07, 6.45) is 3.56. The molecule has 1 aromatic heterocycles. The van der Waals surface area contributed by atoms with E-state index in [1.165, 1.54) is 6.07 Å². The summed E-state index contributed by atoms with van der Waals surface area (Å²) in [4.78, 5) is 4.18. The van der Waals surface area contributed by atoms with Gasteiger partial charge in [-0.3, -0.25) is 4.98 Å². The molecule has 0 amide bonds. The van der Waals surface area contributed by atoms with Crippen LogP contribution in [0.5, 0.6) is 0 Å². The molecule has 0 aliphatic heterocycles. The van der Waals surface area contributed by atoms with Crippen LogP contribution >= 0.6 is 0 Å². The van der Waals surface area contributed by atoms with E-state index in [1.807, 2.05) is 37.3 Å². The molecule has 1 atom stereocenters. The Hall–Kier alpha value is -2.26. The second-order valence-electron chi connectivity index (χ2n) is 5.57. The van der Waals surface area contributed by atoms with Crippen LogP contribution < -0.4 is 5.73 Å². The van der Waals surface area contributed by atoms with Crippen LogP contribution in [0.1, 0.15) is 23.6 Å². The molecule has 2 aromatic carbocycles. The molecule has 2 N–H and O–H groups in total. The fourth-order valence-corrected chi connectivity index (χ4v) is 2.64. The van der Waals surface area contributed by atoms with Crippen molar-refractivity contribution in [2.45, 2.75) is 19.4 Å². The molecule has 0 aliphatic carbocycles. The van der Waals surface area contributed by atoms with Gasteiger partial charge in [0.25, 0.3) is 0 Å². The van der Waals surface area contributed by atoms with Crippen LogP contribution in [-0.2, 0) is 5.54 Å². The molecule has 3 rings (SSSR count). The van der Waals surface area contributed by atoms with Gasteiger partial charge in [0.2, 0.25) is 0 Å². The molecular weight excluding hydrogens is 263 g/mol. The summed E-state index contributed by atoms with van der Waals surface area (Å²) >= 11 is 0. The Balaban J connectivity index is 2.22. The monoisotopic (exact) mass is 280 g/mol. The Morgan fingerprint density at radius 3 is 2.71 bits per heavy atom. The van der Waals surface area contributed by atoms with Gasteiger partial charge in [0.1, 0.15) is 5.82 Å². The molecule has 1 heterocycles. The zero-order chi connectivity index (χ0) is 15.0. The average Bonchev–Trinajstić information content (AvgIpc) is 2.49. The van der Waals surface area contributed by atoms with Gasteiger partial charge in [-0.1, -0.05) is 30.3 Å². The lowest BCUT2D eigenvalue weighted by Crippen LogP contribution is -2.34. The van der Waals surface area contributed by atoms with E-state index in [-0.39, 0.29) is 5.82 Å². The lowest BCUT2D eigenvalue weighted by molar-refractivity contribution is 0.580. The van der Waals surface area contributed by atoms with Crippen molar-refractivity contribution < 1.29 is 4.39 Å². The third-order valence-corrected chi connectivity index (χ3v) is 4.01. The third-order valence-electron chi connectivity index (χ3n) is 4.01. The van der Waals surface area contributed by atoms with Crippen LogP contribution in [0.15, 0.2) is 54.9 Å². The Labute approximate surface area is 123 Å². The first-order chi connectivity index (χ1) is 10.00. The van der Waals surface area contributed by atoms with Gasteiger partial charge < -0.3 is 5.73 Å². The third kappa shape index (κ3) is 2.30. The zero-order valence-electron chi connectivity index (χ0n) is 12.1. The Morgan fingerprint density at radius 1 is 1.14 bits per heavy atom. The van der Waals surface area contributed by atoms with E-state index < -0.39 is 5.54 Å². The predicted octanol–water partition coefficient (Wildman–Crippen LogP) is 3.90. The van der Waals surface area contributed by atoms with Crippen molar-refractivity contribution in [2.24, 2.45) is 5.73 Å². The quantitative estimate of drug-likeness (QED) is 0.773. The van der Waals surface area contributed by atoms with Gasteiger partial charge in [-0.25, -0.2) is 4.39 Å². The molecule has 3 heteroatoms. The van der Waals surface area contributed by atoms with E-state index in [2.05, 4.69) is 4.98 Å². The van der Waals surface area contributed by atoms with Crippen LogP contribution in [0.25, 0.3) is 10.8 Å². The topological polar surface area (TPSA) is 38.9 Å². The van der Waals surface area contributed by atoms with Crippen molar-refractivity contribution in [3.05, 3.63) is 77.4 Å². The lowest BCUT2D eigenvalue weighted by Gasteiger charge is -2.27. The highest BCUT2D eigenvalue weighted by Gasteiger charge is 2.26. The highest BCUT2D eigenvalue weighted by atomic mass is 19.1. The fraction of sp³-hybridized carbons (Fsp3) is 0.167. The number of benzene rings is 2. The Kier molecular flexibility index (Phi) is 3.22. The van der Waals surface area contributed by atoms with Crippen molar-refractivity contribution >= 4 is 10.8 Å². The minimum atomic E-state index is -0.781. The summed E-state index contributed by atoms with van der Waals surface area (Å²) in [6, 6.07) is 13.1. The molecule has 106 valence electrons. The molecule has 1 unspecified atom stereocenters. The molecule has 0 spiro atoms. The normalized spacial score (nSPS) is 14.1. The Bertz CT molecular complexity index is 804. The number of halogens is 1. The van der Waals surface area contributed by atoms with Crippen LogP contribution in [0.3, 0.4) is 0 Å². The number of nitrogens with two attached hydrogens (primary N) is 1. The number of fused-ring (bicyclic) bond motifs is 1. The van der Waals surface area contributed by atoms with Crippen molar-refractivity contribution in [1.82, 2.24) is 4.98 Å². The van der Waals surface area contributed by atoms with Gasteiger partial charge in [0, 0.05) is 17.8 Å². The summed E-state index contributed by atoms with van der Waals surface area (Å²) < 4.78 is 13.9. The lowest BCUT2D eigenvalue weighted by atomic mass is 9.83. The molecule has 21 heavy (non-hydrogen) atoms. The second kappa shape index (κ2) is 4.93. The van der Waals surface area contributed by atoms with E-state index in [0.717, 1.165) is 21.9 Å². The number of nitrogens with zero attached hydrogens (tertiary/aromatic N) is 1. The van der Waals surface area contributed by atoms with Gasteiger partial charge in [0.15, 0.2) is 0 Å². The summed E-state index contributed by atoms with van der Waals surface area (Å²) in [5, 5.41) is 2.07. The maximum absolute atomic E-state index is 13.9. The molecule has 2 nitrogen and oxygen atoms in total. The summed E-state index contributed by atoms with van der Waals surface area (Å²) in [5.74, 6) is -0.234. The highest BCUT2D eigenvalue weighted by molar-refractivity contribution is 5.86. The first-order valence-corrected chi connectivity index (χ1v) is 6.89. The van der Waals surface area contributed by atoms with Crippen LogP contribution in [0.2, 0.25) is 0 Å². The van der Waals surface area contributed by atoms with E-state index in [1.54, 1.807) is 25.4 Å². The summed E-state index contributed by atoms with van der Waals surface area (Å²) in [6.45, 7) is 3.65. The van der Waals surface area contributed by atoms with Crippen molar-refractivity contribution in [3.63, 3.8) is 0 Å². The van der Waals surface area contributed by atoms with Crippen molar-refractivity contribution in [2.75, 3.05) is 0 Å². The maximum Gasteiger partial charge on any atom is 0.126 e. The molecule has 0 bridgehead atoms. The van der Waals surface area contributed by atoms with Gasteiger partial charge in [0.05, 0.1) is 5.54 Å². The number of rotatable bonds is 2. The van der Waals surface area contributed by atoms with E-state index in [4.69, 9.17) is 5.73 Å². The van der Waals surface area contributed by atoms with Crippen LogP contribution in [0.4, 0.5) is 4.39 Å². The standard InChI is InChI=1S/C18H17FN2/c1-12-6-7-14(10-17(12)19)18(2,20)16-5-3-4-13-8-9-21-11-15(13)16/h3-11H,20H2,1-2H3. The first-order valence-electron chi connectivity index (χ1n) is 6.89. The largest absolute Gasteiger partial charge is 0.318 e. The van der Waals surface area contributed by atoms with Crippen molar-refractivity contribution in [3.8, 4) is 0 Å². The first kappa shape index (κ1) is 13.7. The average molecular weight is 280 g/mol. The minimum Gasteiger partial charge on any atom is -0.318 e. The predicted molar refractivity (Wildman–Crippen MR) is 83.5 cm³/mol. The SMILES string of the molecule is Cc1ccc(C(C)(N)c2cccc3ccncc23)cc1F. The van der Waals surface area contributed by atoms with Gasteiger partial charge in [-0.05, 0) is 48.1 Å². The molecule has 0 saturated heterocycles. The fourth-order valence-electron chi connectivity index (χ4n) is 2.64. The number of pyridine rings is 1. The van der Waals surface area contributed by atoms with Gasteiger partial charge in [-0.2, -0.15) is 0 Å². The molecule has 0 radical (unpaired) electrons. The molecule has 0 saturated carbocycles. The van der Waals surface area contributed by atoms with E-state index in [9.17, 15) is 4.39 Å². The number of hydrogen-bond acceptors (Lipinski definition) is 2. The number of hydrogen-bond donors (Lipinski definition) is 1. The van der Waals surface area contributed by atoms with Crippen LogP contribution in [-0.4, -0.2) is 4.98 Å². The molecule has 0 fully saturated rings. The Morgan fingerprint density at radius 2 is 1.95 bits per heavy atom. The van der Waals surface area contributed by atoms with E-state index >= 15 is 0 Å². The van der Waals surface area contributed by atoms with Gasteiger partial charge in [-0.15, -0.1) is 0 Å². The maximum atomic E-state index is 13.9. The number of aromatic nitrogens is 1.